The van der Waals surface area contributed by atoms with Crippen LogP contribution in [-0.2, 0) is 16.8 Å². The van der Waals surface area contributed by atoms with E-state index in [1.165, 1.54) is 0 Å². The Bertz CT molecular complexity index is 806. The van der Waals surface area contributed by atoms with Crippen LogP contribution in [-0.4, -0.2) is 43.9 Å². The third-order valence-corrected chi connectivity index (χ3v) is 5.31. The molecular formula is C20H29N5O2. The number of carbonyl (C=O) groups is 1. The highest BCUT2D eigenvalue weighted by Crippen LogP contribution is 2.32. The fraction of sp³-hybridized carbons (Fsp3) is 0.600. The number of piperidine rings is 1. The first-order chi connectivity index (χ1) is 12.9. The molecule has 0 bridgehead atoms. The van der Waals surface area contributed by atoms with Gasteiger partial charge in [0.15, 0.2) is 5.54 Å². The fourth-order valence-corrected chi connectivity index (χ4v) is 3.64. The summed E-state index contributed by atoms with van der Waals surface area (Å²) in [5.74, 6) is 1.22. The van der Waals surface area contributed by atoms with Crippen LogP contribution in [0.2, 0.25) is 0 Å². The molecule has 3 rings (SSSR count). The van der Waals surface area contributed by atoms with Crippen LogP contribution in [0.25, 0.3) is 0 Å². The van der Waals surface area contributed by atoms with E-state index in [1.807, 2.05) is 25.3 Å². The highest BCUT2D eigenvalue weighted by atomic mass is 16.4. The summed E-state index contributed by atoms with van der Waals surface area (Å²) in [6.07, 6.45) is 4.66. The van der Waals surface area contributed by atoms with Gasteiger partial charge in [0.05, 0.1) is 5.69 Å². The molecule has 2 aromatic rings. The van der Waals surface area contributed by atoms with Gasteiger partial charge in [-0.05, 0) is 25.3 Å². The Hall–Kier alpha value is -2.44. The minimum Gasteiger partial charge on any atom is -0.479 e. The smallest absolute Gasteiger partial charge is 0.331 e. The Labute approximate surface area is 160 Å². The molecule has 0 aliphatic carbocycles. The largest absolute Gasteiger partial charge is 0.479 e. The summed E-state index contributed by atoms with van der Waals surface area (Å²) in [5.41, 5.74) is 0.888. The maximum absolute atomic E-state index is 12.2. The molecule has 7 nitrogen and oxygen atoms in total. The number of carboxylic acids is 1. The third-order valence-electron chi connectivity index (χ3n) is 5.31. The molecule has 1 fully saturated rings. The minimum absolute atomic E-state index is 0.276. The van der Waals surface area contributed by atoms with Gasteiger partial charge >= 0.3 is 5.97 Å². The Balaban J connectivity index is 1.82. The number of hydrogen-bond donors (Lipinski definition) is 1. The van der Waals surface area contributed by atoms with Crippen LogP contribution in [0.5, 0.6) is 0 Å². The lowest BCUT2D eigenvalue weighted by Crippen LogP contribution is -2.51. The van der Waals surface area contributed by atoms with Crippen molar-refractivity contribution in [2.75, 3.05) is 18.0 Å². The molecule has 3 heterocycles. The highest BCUT2D eigenvalue weighted by molar-refractivity contribution is 5.77. The molecule has 0 atom stereocenters. The van der Waals surface area contributed by atoms with E-state index in [0.717, 1.165) is 35.9 Å². The number of aryl methyl sites for hydroxylation is 2. The monoisotopic (exact) mass is 371 g/mol. The first kappa shape index (κ1) is 19.3. The van der Waals surface area contributed by atoms with E-state index in [9.17, 15) is 9.90 Å². The van der Waals surface area contributed by atoms with E-state index < -0.39 is 11.5 Å². The maximum atomic E-state index is 12.2. The maximum Gasteiger partial charge on any atom is 0.331 e. The van der Waals surface area contributed by atoms with Crippen LogP contribution in [0.3, 0.4) is 0 Å². The van der Waals surface area contributed by atoms with Gasteiger partial charge in [0, 0.05) is 50.3 Å². The van der Waals surface area contributed by atoms with Gasteiger partial charge in [-0.3, -0.25) is 4.68 Å². The van der Waals surface area contributed by atoms with E-state index in [0.29, 0.717) is 25.9 Å². The van der Waals surface area contributed by atoms with Gasteiger partial charge < -0.3 is 10.0 Å². The average molecular weight is 371 g/mol. The van der Waals surface area contributed by atoms with Crippen molar-refractivity contribution in [3.8, 4) is 0 Å². The molecular weight excluding hydrogens is 342 g/mol. The molecule has 1 N–H and O–H groups in total. The Kier molecular flexibility index (Phi) is 5.48. The van der Waals surface area contributed by atoms with E-state index in [2.05, 4.69) is 40.7 Å². The molecule has 0 saturated carbocycles. The van der Waals surface area contributed by atoms with E-state index in [4.69, 9.17) is 0 Å². The lowest BCUT2D eigenvalue weighted by atomic mass is 9.87. The van der Waals surface area contributed by atoms with Crippen molar-refractivity contribution in [1.29, 1.82) is 0 Å². The van der Waals surface area contributed by atoms with Crippen molar-refractivity contribution in [2.24, 2.45) is 0 Å². The van der Waals surface area contributed by atoms with Crippen molar-refractivity contribution in [3.05, 3.63) is 35.5 Å². The van der Waals surface area contributed by atoms with Crippen molar-refractivity contribution < 1.29 is 9.90 Å². The number of hydrogen-bond acceptors (Lipinski definition) is 5. The van der Waals surface area contributed by atoms with Crippen LogP contribution < -0.4 is 4.90 Å². The Morgan fingerprint density at radius 3 is 2.56 bits per heavy atom. The van der Waals surface area contributed by atoms with Crippen molar-refractivity contribution in [3.63, 3.8) is 0 Å². The molecule has 146 valence electrons. The molecule has 0 unspecified atom stereocenters. The minimum atomic E-state index is -0.988. The van der Waals surface area contributed by atoms with Gasteiger partial charge in [-0.2, -0.15) is 5.10 Å². The van der Waals surface area contributed by atoms with Gasteiger partial charge in [0.2, 0.25) is 0 Å². The van der Waals surface area contributed by atoms with Crippen molar-refractivity contribution in [2.45, 2.75) is 64.8 Å². The van der Waals surface area contributed by atoms with Crippen LogP contribution in [0, 0.1) is 6.92 Å². The van der Waals surface area contributed by atoms with Crippen LogP contribution >= 0.6 is 0 Å². The zero-order chi connectivity index (χ0) is 19.6. The first-order valence-electron chi connectivity index (χ1n) is 9.74. The third kappa shape index (κ3) is 3.82. The molecule has 27 heavy (non-hydrogen) atoms. The van der Waals surface area contributed by atoms with Crippen LogP contribution in [0.4, 0.5) is 5.82 Å². The van der Waals surface area contributed by atoms with Gasteiger partial charge in [-0.25, -0.2) is 14.8 Å². The fourth-order valence-electron chi connectivity index (χ4n) is 3.64. The number of aliphatic carboxylic acids is 1. The first-order valence-corrected chi connectivity index (χ1v) is 9.74. The quantitative estimate of drug-likeness (QED) is 0.840. The predicted molar refractivity (Wildman–Crippen MR) is 104 cm³/mol. The van der Waals surface area contributed by atoms with Crippen LogP contribution in [0.1, 0.15) is 63.2 Å². The number of nitrogens with zero attached hydrogens (tertiary/aromatic N) is 5. The van der Waals surface area contributed by atoms with E-state index in [-0.39, 0.29) is 5.92 Å². The molecule has 7 heteroatoms. The Morgan fingerprint density at radius 2 is 2.00 bits per heavy atom. The molecule has 1 aliphatic rings. The predicted octanol–water partition coefficient (Wildman–Crippen LogP) is 3.14. The standard InChI is InChI=1S/C20H29N5O2/c1-5-6-17-21-15(4)13-18(22-17)24-11-8-20(9-12-24,19(26)27)25-10-7-16(23-25)14(2)3/h7,10,13-14H,5-6,8-9,11-12H2,1-4H3,(H,26,27). The summed E-state index contributed by atoms with van der Waals surface area (Å²) in [7, 11) is 0. The molecule has 0 amide bonds. The van der Waals surface area contributed by atoms with Crippen molar-refractivity contribution >= 4 is 11.8 Å². The zero-order valence-electron chi connectivity index (χ0n) is 16.6. The molecule has 1 saturated heterocycles. The number of aromatic nitrogens is 4. The number of rotatable bonds is 6. The van der Waals surface area contributed by atoms with Gasteiger partial charge in [0.1, 0.15) is 11.6 Å². The number of carboxylic acid groups (broad SMARTS) is 1. The molecule has 0 spiro atoms. The van der Waals surface area contributed by atoms with Gasteiger partial charge in [-0.1, -0.05) is 20.8 Å². The highest BCUT2D eigenvalue weighted by Gasteiger charge is 2.44. The summed E-state index contributed by atoms with van der Waals surface area (Å²) in [4.78, 5) is 23.5. The topological polar surface area (TPSA) is 84.1 Å². The summed E-state index contributed by atoms with van der Waals surface area (Å²) in [6, 6.07) is 3.91. The molecule has 0 aromatic carbocycles. The lowest BCUT2D eigenvalue weighted by molar-refractivity contribution is -0.149. The average Bonchev–Trinajstić information content (AvgIpc) is 3.12. The van der Waals surface area contributed by atoms with E-state index >= 15 is 0 Å². The van der Waals surface area contributed by atoms with E-state index in [1.54, 1.807) is 4.68 Å². The summed E-state index contributed by atoms with van der Waals surface area (Å²) < 4.78 is 1.66. The second-order valence-corrected chi connectivity index (χ2v) is 7.70. The lowest BCUT2D eigenvalue weighted by Gasteiger charge is -2.39. The second kappa shape index (κ2) is 7.66. The summed E-state index contributed by atoms with van der Waals surface area (Å²) in [6.45, 7) is 9.48. The van der Waals surface area contributed by atoms with Crippen LogP contribution in [0.15, 0.2) is 18.3 Å². The summed E-state index contributed by atoms with van der Waals surface area (Å²) in [5, 5.41) is 14.6. The van der Waals surface area contributed by atoms with Gasteiger partial charge in [-0.15, -0.1) is 0 Å². The molecule has 2 aromatic heterocycles. The van der Waals surface area contributed by atoms with Gasteiger partial charge in [0.25, 0.3) is 0 Å². The number of anilines is 1. The Morgan fingerprint density at radius 1 is 1.30 bits per heavy atom. The summed E-state index contributed by atoms with van der Waals surface area (Å²) >= 11 is 0. The zero-order valence-corrected chi connectivity index (χ0v) is 16.6. The van der Waals surface area contributed by atoms with Crippen molar-refractivity contribution in [1.82, 2.24) is 19.7 Å². The SMILES string of the molecule is CCCc1nc(C)cc(N2CCC(C(=O)O)(n3ccc(C(C)C)n3)CC2)n1. The normalized spacial score (nSPS) is 16.7. The second-order valence-electron chi connectivity index (χ2n) is 7.70. The molecule has 0 radical (unpaired) electrons. The molecule has 1 aliphatic heterocycles.